The molecule has 2 aliphatic heterocycles. The number of likely N-dealkylation sites (tertiary alicyclic amines) is 2. The number of benzene rings is 1. The van der Waals surface area contributed by atoms with Gasteiger partial charge in [-0.25, -0.2) is 4.39 Å². The van der Waals surface area contributed by atoms with Crippen LogP contribution in [0.2, 0.25) is 0 Å². The Labute approximate surface area is 211 Å². The lowest BCUT2D eigenvalue weighted by molar-refractivity contribution is -0.140. The first kappa shape index (κ1) is 25.2. The minimum Gasteiger partial charge on any atom is -0.391 e. The summed E-state index contributed by atoms with van der Waals surface area (Å²) in [4.78, 5) is 34.2. The molecule has 2 saturated heterocycles. The summed E-state index contributed by atoms with van der Waals surface area (Å²) in [5, 5.41) is 17.1. The maximum atomic E-state index is 13.9. The topological polar surface area (TPSA) is 101 Å². The van der Waals surface area contributed by atoms with E-state index in [1.165, 1.54) is 37.8 Å². The smallest absolute Gasteiger partial charge is 0.248 e. The number of fused-ring (bicyclic) bond motifs is 2. The second kappa shape index (κ2) is 10.1. The number of hydrogen-bond donors (Lipinski definition) is 4. The highest BCUT2D eigenvalue weighted by Crippen LogP contribution is 2.45. The average Bonchev–Trinajstić information content (AvgIpc) is 3.64. The van der Waals surface area contributed by atoms with Crippen molar-refractivity contribution in [3.8, 4) is 0 Å². The van der Waals surface area contributed by atoms with Gasteiger partial charge in [-0.15, -0.1) is 0 Å². The fourth-order valence-corrected chi connectivity index (χ4v) is 6.72. The van der Waals surface area contributed by atoms with Crippen LogP contribution in [0.3, 0.4) is 0 Å². The molecule has 1 aromatic carbocycles. The molecule has 1 aromatic heterocycles. The van der Waals surface area contributed by atoms with Crippen molar-refractivity contribution in [2.24, 2.45) is 0 Å². The first-order valence-corrected chi connectivity index (χ1v) is 13.3. The number of aliphatic hydroxyl groups excluding tert-OH is 1. The van der Waals surface area contributed by atoms with Crippen LogP contribution in [0, 0.1) is 5.82 Å². The van der Waals surface area contributed by atoms with Gasteiger partial charge in [0.15, 0.2) is 0 Å². The maximum Gasteiger partial charge on any atom is 0.248 e. The van der Waals surface area contributed by atoms with Gasteiger partial charge in [-0.2, -0.15) is 0 Å². The number of halogens is 1. The van der Waals surface area contributed by atoms with Crippen LogP contribution in [-0.4, -0.2) is 88.2 Å². The van der Waals surface area contributed by atoms with Crippen molar-refractivity contribution in [1.29, 1.82) is 0 Å². The molecule has 6 atom stereocenters. The summed E-state index contributed by atoms with van der Waals surface area (Å²) in [6, 6.07) is 4.02. The van der Waals surface area contributed by atoms with Gasteiger partial charge in [0, 0.05) is 48.2 Å². The lowest BCUT2D eigenvalue weighted by Crippen LogP contribution is -2.58. The Balaban J connectivity index is 1.48. The molecule has 2 amide bonds. The van der Waals surface area contributed by atoms with E-state index in [0.717, 1.165) is 29.4 Å². The molecule has 196 valence electrons. The molecule has 1 aliphatic carbocycles. The number of nitrogens with zero attached hydrogens (tertiary/aromatic N) is 2. The number of nitrogens with one attached hydrogen (secondary N) is 3. The number of likely N-dealkylation sites (N-methyl/N-ethyl adjacent to an activating group) is 1. The summed E-state index contributed by atoms with van der Waals surface area (Å²) in [7, 11) is 1.68. The van der Waals surface area contributed by atoms with E-state index in [0.29, 0.717) is 12.6 Å². The van der Waals surface area contributed by atoms with Gasteiger partial charge in [-0.1, -0.05) is 12.8 Å². The Morgan fingerprint density at radius 2 is 1.94 bits per heavy atom. The summed E-state index contributed by atoms with van der Waals surface area (Å²) >= 11 is 0. The van der Waals surface area contributed by atoms with Gasteiger partial charge in [0.2, 0.25) is 11.8 Å². The summed E-state index contributed by atoms with van der Waals surface area (Å²) in [5.74, 6) is -0.778. The number of aromatic nitrogens is 1. The third-order valence-electron chi connectivity index (χ3n) is 8.69. The molecular weight excluding hydrogens is 461 g/mol. The quantitative estimate of drug-likeness (QED) is 0.468. The lowest BCUT2D eigenvalue weighted by atomic mass is 9.91. The molecule has 4 N–H and O–H groups in total. The molecule has 3 fully saturated rings. The molecule has 2 aromatic rings. The van der Waals surface area contributed by atoms with Crippen LogP contribution in [0.5, 0.6) is 0 Å². The number of rotatable bonds is 7. The summed E-state index contributed by atoms with van der Waals surface area (Å²) in [5.41, 5.74) is 1.86. The summed E-state index contributed by atoms with van der Waals surface area (Å²) < 4.78 is 13.9. The molecular formula is C27H38FN5O3. The van der Waals surface area contributed by atoms with Gasteiger partial charge in [-0.05, 0) is 63.9 Å². The van der Waals surface area contributed by atoms with Gasteiger partial charge in [-0.3, -0.25) is 14.5 Å². The van der Waals surface area contributed by atoms with E-state index in [9.17, 15) is 19.1 Å². The fraction of sp³-hybridized carbons (Fsp3) is 0.630. The standard InChI is InChI=1S/C27H38FN5O3/c1-15(29-3)26(35)31-24(16(2)34)27(36)32-11-10-23-25(32)21(14-33(23)18-6-4-5-7-18)20-13-30-22-12-17(28)8-9-19(20)22/h8-9,12-13,15-16,18,21,23-25,29-30,34H,4-7,10-11,14H2,1-3H3,(H,31,35)/t15-,16+,21-,23+,24-,25+/m0/s1. The van der Waals surface area contributed by atoms with Gasteiger partial charge in [0.25, 0.3) is 0 Å². The lowest BCUT2D eigenvalue weighted by Gasteiger charge is -2.33. The van der Waals surface area contributed by atoms with Crippen LogP contribution in [-0.2, 0) is 9.59 Å². The molecule has 1 saturated carbocycles. The average molecular weight is 500 g/mol. The Hall–Kier alpha value is -2.49. The molecule has 3 aliphatic rings. The Bertz CT molecular complexity index is 1110. The SMILES string of the molecule is CN[C@@H](C)C(=O)N[C@H](C(=O)N1CC[C@@H]2[C@H]1[C@H](c1c[nH]c3cc(F)ccc13)CN2C1CCCC1)[C@@H](C)O. The van der Waals surface area contributed by atoms with E-state index in [4.69, 9.17) is 0 Å². The fourth-order valence-electron chi connectivity index (χ4n) is 6.72. The predicted molar refractivity (Wildman–Crippen MR) is 136 cm³/mol. The van der Waals surface area contributed by atoms with E-state index in [1.54, 1.807) is 20.9 Å². The number of hydrogen-bond acceptors (Lipinski definition) is 5. The second-order valence-corrected chi connectivity index (χ2v) is 10.8. The van der Waals surface area contributed by atoms with Gasteiger partial charge in [0.1, 0.15) is 11.9 Å². The Morgan fingerprint density at radius 1 is 1.19 bits per heavy atom. The van der Waals surface area contributed by atoms with Gasteiger partial charge in [0.05, 0.1) is 18.2 Å². The highest BCUT2D eigenvalue weighted by molar-refractivity contribution is 5.91. The molecule has 9 heteroatoms. The molecule has 36 heavy (non-hydrogen) atoms. The van der Waals surface area contributed by atoms with Crippen LogP contribution >= 0.6 is 0 Å². The molecule has 0 bridgehead atoms. The first-order chi connectivity index (χ1) is 17.3. The molecule has 5 rings (SSSR count). The maximum absolute atomic E-state index is 13.9. The molecule has 0 spiro atoms. The van der Waals surface area contributed by atoms with Crippen LogP contribution in [0.4, 0.5) is 4.39 Å². The van der Waals surface area contributed by atoms with Crippen molar-refractivity contribution in [2.45, 2.75) is 88.2 Å². The van der Waals surface area contributed by atoms with Crippen LogP contribution < -0.4 is 10.6 Å². The largest absolute Gasteiger partial charge is 0.391 e. The van der Waals surface area contributed by atoms with E-state index in [2.05, 4.69) is 20.5 Å². The normalized spacial score (nSPS) is 27.4. The van der Waals surface area contributed by atoms with Crippen LogP contribution in [0.15, 0.2) is 24.4 Å². The number of aromatic amines is 1. The summed E-state index contributed by atoms with van der Waals surface area (Å²) in [6.07, 6.45) is 6.64. The molecule has 3 heterocycles. The Morgan fingerprint density at radius 3 is 2.64 bits per heavy atom. The van der Waals surface area contributed by atoms with Crippen molar-refractivity contribution < 1.29 is 19.1 Å². The zero-order valence-electron chi connectivity index (χ0n) is 21.3. The number of aliphatic hydroxyl groups is 1. The zero-order valence-corrected chi connectivity index (χ0v) is 21.3. The summed E-state index contributed by atoms with van der Waals surface area (Å²) in [6.45, 7) is 4.70. The third kappa shape index (κ3) is 4.41. The predicted octanol–water partition coefficient (Wildman–Crippen LogP) is 2.09. The number of amides is 2. The third-order valence-corrected chi connectivity index (χ3v) is 8.69. The van der Waals surface area contributed by atoms with Crippen molar-refractivity contribution in [1.82, 2.24) is 25.4 Å². The number of carbonyl (C=O) groups is 2. The van der Waals surface area contributed by atoms with E-state index >= 15 is 0 Å². The van der Waals surface area contributed by atoms with Gasteiger partial charge >= 0.3 is 0 Å². The first-order valence-electron chi connectivity index (χ1n) is 13.3. The highest BCUT2D eigenvalue weighted by Gasteiger charge is 2.53. The second-order valence-electron chi connectivity index (χ2n) is 10.8. The van der Waals surface area contributed by atoms with Crippen LogP contribution in [0.25, 0.3) is 10.9 Å². The monoisotopic (exact) mass is 499 g/mol. The van der Waals surface area contributed by atoms with Crippen molar-refractivity contribution in [3.05, 3.63) is 35.8 Å². The molecule has 0 radical (unpaired) electrons. The van der Waals surface area contributed by atoms with Crippen molar-refractivity contribution in [3.63, 3.8) is 0 Å². The molecule has 8 nitrogen and oxygen atoms in total. The highest BCUT2D eigenvalue weighted by atomic mass is 19.1. The van der Waals surface area contributed by atoms with E-state index < -0.39 is 18.2 Å². The van der Waals surface area contributed by atoms with E-state index in [1.807, 2.05) is 17.2 Å². The van der Waals surface area contributed by atoms with Crippen molar-refractivity contribution in [2.75, 3.05) is 20.1 Å². The minimum absolute atomic E-state index is 0.0582. The van der Waals surface area contributed by atoms with Gasteiger partial charge < -0.3 is 25.6 Å². The molecule has 0 unspecified atom stereocenters. The number of H-pyrrole nitrogens is 1. The van der Waals surface area contributed by atoms with Crippen LogP contribution in [0.1, 0.15) is 57.4 Å². The Kier molecular flexibility index (Phi) is 7.07. The minimum atomic E-state index is -1.02. The van der Waals surface area contributed by atoms with Crippen molar-refractivity contribution >= 4 is 22.7 Å². The zero-order chi connectivity index (χ0) is 25.6. The van der Waals surface area contributed by atoms with E-state index in [-0.39, 0.29) is 35.6 Å². The number of carbonyl (C=O) groups excluding carboxylic acids is 2.